The zero-order chi connectivity index (χ0) is 10.6. The summed E-state index contributed by atoms with van der Waals surface area (Å²) in [6, 6.07) is 0. The predicted molar refractivity (Wildman–Crippen MR) is 56.4 cm³/mol. The number of rotatable bonds is 4. The highest BCUT2D eigenvalue weighted by Crippen LogP contribution is 2.12. The average Bonchev–Trinajstić information content (AvgIpc) is 2.17. The van der Waals surface area contributed by atoms with Crippen LogP contribution in [0.15, 0.2) is 12.4 Å². The number of aliphatic hydroxyl groups is 1. The first-order valence-corrected chi connectivity index (χ1v) is 4.46. The van der Waals surface area contributed by atoms with Crippen molar-refractivity contribution in [2.45, 2.75) is 19.4 Å². The number of hydrogen-bond acceptors (Lipinski definition) is 5. The second-order valence-corrected chi connectivity index (χ2v) is 3.71. The van der Waals surface area contributed by atoms with E-state index in [-0.39, 0.29) is 12.1 Å². The van der Waals surface area contributed by atoms with Crippen LogP contribution in [0.2, 0.25) is 0 Å². The molecule has 0 aliphatic rings. The fourth-order valence-corrected chi connectivity index (χ4v) is 0.933. The summed E-state index contributed by atoms with van der Waals surface area (Å²) in [5, 5.41) is 15.0. The van der Waals surface area contributed by atoms with Crippen LogP contribution in [0.25, 0.3) is 0 Å². The number of anilines is 2. The molecule has 1 rings (SSSR count). The van der Waals surface area contributed by atoms with Crippen molar-refractivity contribution in [2.75, 3.05) is 24.3 Å². The van der Waals surface area contributed by atoms with E-state index in [0.29, 0.717) is 11.6 Å². The van der Waals surface area contributed by atoms with Gasteiger partial charge < -0.3 is 15.7 Å². The third-order valence-corrected chi connectivity index (χ3v) is 1.75. The molecule has 0 aliphatic heterocycles. The third-order valence-electron chi connectivity index (χ3n) is 1.75. The van der Waals surface area contributed by atoms with Gasteiger partial charge in [-0.25, -0.2) is 4.98 Å². The molecule has 5 heteroatoms. The predicted octanol–water partition coefficient (Wildman–Crippen LogP) is 0.701. The van der Waals surface area contributed by atoms with E-state index in [0.717, 1.165) is 0 Å². The van der Waals surface area contributed by atoms with Gasteiger partial charge in [0.25, 0.3) is 0 Å². The Morgan fingerprint density at radius 1 is 1.36 bits per heavy atom. The molecule has 14 heavy (non-hydrogen) atoms. The number of aliphatic hydroxyl groups excluding tert-OH is 1. The molecule has 5 nitrogen and oxygen atoms in total. The largest absolute Gasteiger partial charge is 0.394 e. The molecule has 1 aromatic heterocycles. The molecule has 0 saturated carbocycles. The molecule has 0 spiro atoms. The van der Waals surface area contributed by atoms with Crippen molar-refractivity contribution < 1.29 is 5.11 Å². The van der Waals surface area contributed by atoms with Gasteiger partial charge in [0.2, 0.25) is 0 Å². The van der Waals surface area contributed by atoms with E-state index in [9.17, 15) is 0 Å². The first kappa shape index (κ1) is 10.7. The summed E-state index contributed by atoms with van der Waals surface area (Å²) in [4.78, 5) is 8.23. The Hall–Kier alpha value is -1.36. The molecule has 0 atom stereocenters. The van der Waals surface area contributed by atoms with Crippen LogP contribution in [-0.4, -0.2) is 34.3 Å². The summed E-state index contributed by atoms with van der Waals surface area (Å²) in [7, 11) is 1.78. The second-order valence-electron chi connectivity index (χ2n) is 3.71. The van der Waals surface area contributed by atoms with Gasteiger partial charge in [-0.2, -0.15) is 0 Å². The average molecular weight is 196 g/mol. The molecule has 0 aromatic carbocycles. The molecule has 1 aromatic rings. The zero-order valence-corrected chi connectivity index (χ0v) is 8.70. The molecule has 0 radical (unpaired) electrons. The molecular weight excluding hydrogens is 180 g/mol. The Morgan fingerprint density at radius 3 is 2.57 bits per heavy atom. The van der Waals surface area contributed by atoms with Crippen molar-refractivity contribution in [1.29, 1.82) is 0 Å². The first-order chi connectivity index (χ1) is 6.57. The van der Waals surface area contributed by atoms with Crippen LogP contribution < -0.4 is 10.6 Å². The Bertz CT molecular complexity index is 301. The maximum Gasteiger partial charge on any atom is 0.147 e. The van der Waals surface area contributed by atoms with E-state index in [1.807, 2.05) is 13.8 Å². The maximum atomic E-state index is 9.06. The van der Waals surface area contributed by atoms with Gasteiger partial charge in [0.05, 0.1) is 24.5 Å². The molecule has 0 fully saturated rings. The van der Waals surface area contributed by atoms with Gasteiger partial charge in [-0.1, -0.05) is 0 Å². The molecule has 0 aliphatic carbocycles. The van der Waals surface area contributed by atoms with Crippen LogP contribution in [0.3, 0.4) is 0 Å². The molecule has 0 amide bonds. The van der Waals surface area contributed by atoms with Crippen molar-refractivity contribution >= 4 is 11.6 Å². The minimum Gasteiger partial charge on any atom is -0.394 e. The summed E-state index contributed by atoms with van der Waals surface area (Å²) in [6.45, 7) is 3.82. The van der Waals surface area contributed by atoms with E-state index >= 15 is 0 Å². The van der Waals surface area contributed by atoms with Crippen molar-refractivity contribution in [1.82, 2.24) is 9.97 Å². The van der Waals surface area contributed by atoms with Gasteiger partial charge >= 0.3 is 0 Å². The summed E-state index contributed by atoms with van der Waals surface area (Å²) >= 11 is 0. The second kappa shape index (κ2) is 4.23. The monoisotopic (exact) mass is 196 g/mol. The lowest BCUT2D eigenvalue weighted by molar-refractivity contribution is 0.234. The topological polar surface area (TPSA) is 70.1 Å². The van der Waals surface area contributed by atoms with E-state index in [4.69, 9.17) is 5.11 Å². The number of aromatic nitrogens is 2. The number of hydrogen-bond donors (Lipinski definition) is 3. The highest BCUT2D eigenvalue weighted by Gasteiger charge is 2.16. The Morgan fingerprint density at radius 2 is 2.00 bits per heavy atom. The molecule has 78 valence electrons. The normalized spacial score (nSPS) is 11.1. The molecule has 1 heterocycles. The lowest BCUT2D eigenvalue weighted by Gasteiger charge is -2.23. The number of nitrogens with zero attached hydrogens (tertiary/aromatic N) is 2. The van der Waals surface area contributed by atoms with E-state index < -0.39 is 0 Å². The van der Waals surface area contributed by atoms with Crippen LogP contribution >= 0.6 is 0 Å². The lowest BCUT2D eigenvalue weighted by Crippen LogP contribution is -2.35. The lowest BCUT2D eigenvalue weighted by atomic mass is 10.1. The summed E-state index contributed by atoms with van der Waals surface area (Å²) in [5.74, 6) is 1.35. The van der Waals surface area contributed by atoms with E-state index in [2.05, 4.69) is 20.6 Å². The summed E-state index contributed by atoms with van der Waals surface area (Å²) in [5.41, 5.74) is -0.388. The van der Waals surface area contributed by atoms with Gasteiger partial charge in [0.1, 0.15) is 11.6 Å². The molecule has 0 saturated heterocycles. The molecule has 3 N–H and O–H groups in total. The van der Waals surface area contributed by atoms with E-state index in [1.165, 1.54) is 0 Å². The highest BCUT2D eigenvalue weighted by molar-refractivity contribution is 5.42. The summed E-state index contributed by atoms with van der Waals surface area (Å²) < 4.78 is 0. The Kier molecular flexibility index (Phi) is 3.24. The van der Waals surface area contributed by atoms with Crippen molar-refractivity contribution in [3.63, 3.8) is 0 Å². The zero-order valence-electron chi connectivity index (χ0n) is 8.70. The highest BCUT2D eigenvalue weighted by atomic mass is 16.3. The van der Waals surface area contributed by atoms with Crippen LogP contribution in [0.5, 0.6) is 0 Å². The summed E-state index contributed by atoms with van der Waals surface area (Å²) in [6.07, 6.45) is 3.26. The van der Waals surface area contributed by atoms with Crippen molar-refractivity contribution in [3.8, 4) is 0 Å². The van der Waals surface area contributed by atoms with Crippen LogP contribution in [0.4, 0.5) is 11.6 Å². The van der Waals surface area contributed by atoms with E-state index in [1.54, 1.807) is 19.4 Å². The maximum absolute atomic E-state index is 9.06. The first-order valence-electron chi connectivity index (χ1n) is 4.46. The minimum absolute atomic E-state index is 0.0401. The SMILES string of the molecule is CNc1cncc(NC(C)(C)CO)n1. The molecule has 0 bridgehead atoms. The van der Waals surface area contributed by atoms with Crippen LogP contribution in [0, 0.1) is 0 Å². The minimum atomic E-state index is -0.388. The fourth-order valence-electron chi connectivity index (χ4n) is 0.933. The molecule has 0 unspecified atom stereocenters. The van der Waals surface area contributed by atoms with Gasteiger partial charge in [0, 0.05) is 7.05 Å². The standard InChI is InChI=1S/C9H16N4O/c1-9(2,6-14)13-8-5-11-4-7(10-3)12-8/h4-5,14H,6H2,1-3H3,(H2,10,12,13). The third kappa shape index (κ3) is 2.85. The van der Waals surface area contributed by atoms with Crippen molar-refractivity contribution in [2.24, 2.45) is 0 Å². The van der Waals surface area contributed by atoms with Crippen LogP contribution in [-0.2, 0) is 0 Å². The van der Waals surface area contributed by atoms with Gasteiger partial charge in [-0.05, 0) is 13.8 Å². The molecular formula is C9H16N4O. The Labute approximate surface area is 83.6 Å². The quantitative estimate of drug-likeness (QED) is 0.661. The van der Waals surface area contributed by atoms with Crippen molar-refractivity contribution in [3.05, 3.63) is 12.4 Å². The number of nitrogens with one attached hydrogen (secondary N) is 2. The smallest absolute Gasteiger partial charge is 0.147 e. The van der Waals surface area contributed by atoms with Gasteiger partial charge in [0.15, 0.2) is 0 Å². The van der Waals surface area contributed by atoms with Crippen LogP contribution in [0.1, 0.15) is 13.8 Å². The van der Waals surface area contributed by atoms with Gasteiger partial charge in [-0.15, -0.1) is 0 Å². The fraction of sp³-hybridized carbons (Fsp3) is 0.556. The van der Waals surface area contributed by atoms with Gasteiger partial charge in [-0.3, -0.25) is 4.98 Å². The Balaban J connectivity index is 2.76.